The van der Waals surface area contributed by atoms with E-state index in [1.54, 1.807) is 0 Å². The molecule has 1 saturated carbocycles. The van der Waals surface area contributed by atoms with E-state index in [0.29, 0.717) is 18.4 Å². The molecule has 2 aromatic carbocycles. The smallest absolute Gasteiger partial charge is 0.251 e. The minimum atomic E-state index is 0.0265. The van der Waals surface area contributed by atoms with Gasteiger partial charge in [-0.2, -0.15) is 0 Å². The van der Waals surface area contributed by atoms with Gasteiger partial charge in [0.05, 0.1) is 0 Å². The van der Waals surface area contributed by atoms with Crippen LogP contribution in [0.15, 0.2) is 48.5 Å². The average molecular weight is 502 g/mol. The lowest BCUT2D eigenvalue weighted by Gasteiger charge is -2.30. The van der Waals surface area contributed by atoms with Crippen molar-refractivity contribution in [2.24, 2.45) is 7.05 Å². The van der Waals surface area contributed by atoms with Crippen molar-refractivity contribution in [3.8, 4) is 5.75 Å². The molecule has 1 saturated heterocycles. The van der Waals surface area contributed by atoms with Gasteiger partial charge in [-0.3, -0.25) is 9.69 Å². The van der Waals surface area contributed by atoms with Crippen LogP contribution in [-0.4, -0.2) is 44.7 Å². The number of benzene rings is 2. The van der Waals surface area contributed by atoms with Gasteiger partial charge in [0.1, 0.15) is 18.2 Å². The van der Waals surface area contributed by atoms with Crippen LogP contribution < -0.4 is 10.1 Å². The number of aromatic nitrogens is 3. The minimum absolute atomic E-state index is 0.0265. The molecule has 2 aliphatic rings. The molecule has 196 valence electrons. The molecule has 1 amide bonds. The van der Waals surface area contributed by atoms with E-state index in [4.69, 9.17) is 4.74 Å². The van der Waals surface area contributed by atoms with Crippen LogP contribution in [0.5, 0.6) is 5.75 Å². The molecule has 5 rings (SSSR count). The third-order valence-electron chi connectivity index (χ3n) is 7.89. The molecular weight excluding hydrogens is 462 g/mol. The van der Waals surface area contributed by atoms with Gasteiger partial charge >= 0.3 is 0 Å². The zero-order valence-electron chi connectivity index (χ0n) is 22.3. The van der Waals surface area contributed by atoms with Gasteiger partial charge < -0.3 is 14.6 Å². The highest BCUT2D eigenvalue weighted by atomic mass is 16.5. The van der Waals surface area contributed by atoms with Crippen LogP contribution in [0, 0.1) is 0 Å². The third-order valence-corrected chi connectivity index (χ3v) is 7.89. The Kier molecular flexibility index (Phi) is 7.89. The van der Waals surface area contributed by atoms with Gasteiger partial charge in [-0.25, -0.2) is 0 Å². The van der Waals surface area contributed by atoms with Gasteiger partial charge in [0.2, 0.25) is 0 Å². The van der Waals surface area contributed by atoms with E-state index in [0.717, 1.165) is 55.2 Å². The van der Waals surface area contributed by atoms with E-state index in [9.17, 15) is 4.79 Å². The Bertz CT molecular complexity index is 1190. The lowest BCUT2D eigenvalue weighted by molar-refractivity contribution is 0.0925. The Morgan fingerprint density at radius 3 is 2.49 bits per heavy atom. The highest BCUT2D eigenvalue weighted by Crippen LogP contribution is 2.32. The van der Waals surface area contributed by atoms with Crippen LogP contribution in [0.2, 0.25) is 0 Å². The summed E-state index contributed by atoms with van der Waals surface area (Å²) in [6.45, 7) is 8.10. The largest absolute Gasteiger partial charge is 0.486 e. The summed E-state index contributed by atoms with van der Waals surface area (Å²) in [6, 6.07) is 16.5. The predicted molar refractivity (Wildman–Crippen MR) is 145 cm³/mol. The Labute approximate surface area is 220 Å². The zero-order valence-corrected chi connectivity index (χ0v) is 22.3. The van der Waals surface area contributed by atoms with Crippen LogP contribution >= 0.6 is 0 Å². The second kappa shape index (κ2) is 11.5. The number of hydrogen-bond donors (Lipinski definition) is 1. The van der Waals surface area contributed by atoms with Gasteiger partial charge in [-0.15, -0.1) is 10.2 Å². The molecule has 7 heteroatoms. The Balaban J connectivity index is 1.10. The average Bonchev–Trinajstić information content (AvgIpc) is 3.26. The first-order chi connectivity index (χ1) is 18.0. The topological polar surface area (TPSA) is 72.3 Å². The van der Waals surface area contributed by atoms with Crippen molar-refractivity contribution in [3.63, 3.8) is 0 Å². The van der Waals surface area contributed by atoms with Crippen LogP contribution in [0.3, 0.4) is 0 Å². The molecule has 1 N–H and O–H groups in total. The predicted octanol–water partition coefficient (Wildman–Crippen LogP) is 5.18. The molecule has 2 fully saturated rings. The molecule has 0 bridgehead atoms. The van der Waals surface area contributed by atoms with Gasteiger partial charge in [0.25, 0.3) is 5.91 Å². The number of rotatable bonds is 9. The first-order valence-electron chi connectivity index (χ1n) is 13.7. The molecule has 0 radical (unpaired) electrons. The molecule has 1 aliphatic heterocycles. The van der Waals surface area contributed by atoms with E-state index in [1.165, 1.54) is 30.6 Å². The standard InChI is InChI=1S/C30H39N5O2/c1-21(2)25-6-4-7-27(18-25)37-20-28-32-33-29(34(28)3)23-12-14-26(15-13-23)31-30(36)24-10-8-22(9-11-24)19-35-16-5-17-35/h4,6-11,18,21,23,26H,5,12-17,19-20H2,1-3H3,(H,31,36). The quantitative estimate of drug-likeness (QED) is 0.437. The van der Waals surface area contributed by atoms with E-state index in [2.05, 4.69) is 63.1 Å². The highest BCUT2D eigenvalue weighted by Gasteiger charge is 2.27. The van der Waals surface area contributed by atoms with Crippen molar-refractivity contribution in [2.45, 2.75) is 77.0 Å². The molecule has 37 heavy (non-hydrogen) atoms. The van der Waals surface area contributed by atoms with Crippen molar-refractivity contribution in [1.29, 1.82) is 0 Å². The molecule has 0 atom stereocenters. The van der Waals surface area contributed by atoms with Crippen molar-refractivity contribution >= 4 is 5.91 Å². The lowest BCUT2D eigenvalue weighted by Crippen LogP contribution is -2.37. The number of nitrogens with zero attached hydrogens (tertiary/aromatic N) is 4. The maximum atomic E-state index is 12.8. The number of hydrogen-bond acceptors (Lipinski definition) is 5. The summed E-state index contributed by atoms with van der Waals surface area (Å²) in [6.07, 6.45) is 5.17. The number of likely N-dealkylation sites (tertiary alicyclic amines) is 1. The Morgan fingerprint density at radius 2 is 1.81 bits per heavy atom. The summed E-state index contributed by atoms with van der Waals surface area (Å²) in [5, 5.41) is 12.2. The van der Waals surface area contributed by atoms with Crippen LogP contribution in [0.4, 0.5) is 0 Å². The van der Waals surface area contributed by atoms with Crippen molar-refractivity contribution in [1.82, 2.24) is 25.0 Å². The van der Waals surface area contributed by atoms with Gasteiger partial charge in [-0.1, -0.05) is 38.1 Å². The van der Waals surface area contributed by atoms with Crippen molar-refractivity contribution in [3.05, 3.63) is 76.9 Å². The molecule has 7 nitrogen and oxygen atoms in total. The first-order valence-corrected chi connectivity index (χ1v) is 13.7. The van der Waals surface area contributed by atoms with Gasteiger partial charge in [-0.05, 0) is 86.5 Å². The summed E-state index contributed by atoms with van der Waals surface area (Å²) in [7, 11) is 2.03. The van der Waals surface area contributed by atoms with E-state index in [1.807, 2.05) is 31.3 Å². The van der Waals surface area contributed by atoms with E-state index >= 15 is 0 Å². The fourth-order valence-corrected chi connectivity index (χ4v) is 5.29. The summed E-state index contributed by atoms with van der Waals surface area (Å²) < 4.78 is 8.11. The summed E-state index contributed by atoms with van der Waals surface area (Å²) in [5.74, 6) is 3.54. The maximum absolute atomic E-state index is 12.8. The first kappa shape index (κ1) is 25.5. The molecule has 0 spiro atoms. The maximum Gasteiger partial charge on any atom is 0.251 e. The fourth-order valence-electron chi connectivity index (χ4n) is 5.29. The normalized spacial score (nSPS) is 20.0. The molecule has 1 aromatic heterocycles. The SMILES string of the molecule is CC(C)c1cccc(OCc2nnc(C3CCC(NC(=O)c4ccc(CN5CCC5)cc4)CC3)n2C)c1. The Hall–Kier alpha value is -3.19. The summed E-state index contributed by atoms with van der Waals surface area (Å²) in [5.41, 5.74) is 3.28. The summed E-state index contributed by atoms with van der Waals surface area (Å²) >= 11 is 0. The number of carbonyl (C=O) groups excluding carboxylic acids is 1. The molecule has 2 heterocycles. The third kappa shape index (κ3) is 6.21. The monoisotopic (exact) mass is 501 g/mol. The van der Waals surface area contributed by atoms with Crippen LogP contribution in [-0.2, 0) is 20.2 Å². The zero-order chi connectivity index (χ0) is 25.8. The summed E-state index contributed by atoms with van der Waals surface area (Å²) in [4.78, 5) is 15.2. The minimum Gasteiger partial charge on any atom is -0.486 e. The van der Waals surface area contributed by atoms with Crippen LogP contribution in [0.1, 0.15) is 90.9 Å². The van der Waals surface area contributed by atoms with Gasteiger partial charge in [0, 0.05) is 31.1 Å². The Morgan fingerprint density at radius 1 is 1.05 bits per heavy atom. The number of carbonyl (C=O) groups is 1. The van der Waals surface area contributed by atoms with E-state index in [-0.39, 0.29) is 11.9 Å². The van der Waals surface area contributed by atoms with Crippen LogP contribution in [0.25, 0.3) is 0 Å². The lowest BCUT2D eigenvalue weighted by atomic mass is 9.85. The molecule has 0 unspecified atom stereocenters. The highest BCUT2D eigenvalue weighted by molar-refractivity contribution is 5.94. The molecule has 1 aliphatic carbocycles. The fraction of sp³-hybridized carbons (Fsp3) is 0.500. The number of ether oxygens (including phenoxy) is 1. The molecule has 3 aromatic rings. The second-order valence-electron chi connectivity index (χ2n) is 10.9. The molecular formula is C30H39N5O2. The van der Waals surface area contributed by atoms with E-state index < -0.39 is 0 Å². The number of nitrogens with one attached hydrogen (secondary N) is 1. The van der Waals surface area contributed by atoms with Crippen molar-refractivity contribution < 1.29 is 9.53 Å². The van der Waals surface area contributed by atoms with Crippen molar-refractivity contribution in [2.75, 3.05) is 13.1 Å². The number of amides is 1. The van der Waals surface area contributed by atoms with Gasteiger partial charge in [0.15, 0.2) is 5.82 Å². The second-order valence-corrected chi connectivity index (χ2v) is 10.9.